The number of hydrogen-bond donors (Lipinski definition) is 1. The van der Waals surface area contributed by atoms with Gasteiger partial charge in [-0.1, -0.05) is 17.7 Å². The molecule has 1 amide bonds. The molecule has 2 aliphatic rings. The standard InChI is InChI=1S/C22H25ClN2O3/c1-15(22(26)24-18-8-6-17(23)7-9-18)25-11-2-4-19(25)16-5-10-20-21(14-16)28-13-3-12-27-20/h5-10,14-15,19H,2-4,11-13H2,1H3,(H,24,26)/t15-,19+/m0/s1. The topological polar surface area (TPSA) is 50.8 Å². The zero-order valence-corrected chi connectivity index (χ0v) is 16.7. The van der Waals surface area contributed by atoms with Gasteiger partial charge in [0, 0.05) is 23.2 Å². The number of ether oxygens (including phenoxy) is 2. The first-order valence-electron chi connectivity index (χ1n) is 9.83. The van der Waals surface area contributed by atoms with Crippen LogP contribution in [-0.2, 0) is 4.79 Å². The van der Waals surface area contributed by atoms with Crippen LogP contribution in [0.4, 0.5) is 5.69 Å². The molecule has 0 aliphatic carbocycles. The molecule has 0 saturated carbocycles. The van der Waals surface area contributed by atoms with Crippen LogP contribution in [0.3, 0.4) is 0 Å². The molecule has 28 heavy (non-hydrogen) atoms. The molecule has 0 bridgehead atoms. The van der Waals surface area contributed by atoms with Gasteiger partial charge in [-0.25, -0.2) is 0 Å². The van der Waals surface area contributed by atoms with E-state index in [0.29, 0.717) is 18.2 Å². The highest BCUT2D eigenvalue weighted by atomic mass is 35.5. The summed E-state index contributed by atoms with van der Waals surface area (Å²) in [6.45, 7) is 4.22. The molecule has 4 rings (SSSR count). The van der Waals surface area contributed by atoms with Gasteiger partial charge in [-0.15, -0.1) is 0 Å². The van der Waals surface area contributed by atoms with Crippen molar-refractivity contribution >= 4 is 23.2 Å². The van der Waals surface area contributed by atoms with Gasteiger partial charge in [-0.2, -0.15) is 0 Å². The maximum Gasteiger partial charge on any atom is 0.241 e. The molecule has 0 spiro atoms. The van der Waals surface area contributed by atoms with Crippen LogP contribution in [0.1, 0.15) is 37.8 Å². The number of halogens is 1. The number of rotatable bonds is 4. The number of carbonyl (C=O) groups excluding carboxylic acids is 1. The van der Waals surface area contributed by atoms with E-state index in [4.69, 9.17) is 21.1 Å². The van der Waals surface area contributed by atoms with Crippen LogP contribution in [0, 0.1) is 0 Å². The molecule has 2 aromatic rings. The van der Waals surface area contributed by atoms with Gasteiger partial charge in [0.05, 0.1) is 19.3 Å². The van der Waals surface area contributed by atoms with Crippen molar-refractivity contribution in [2.75, 3.05) is 25.1 Å². The fourth-order valence-corrected chi connectivity index (χ4v) is 4.05. The summed E-state index contributed by atoms with van der Waals surface area (Å²) in [7, 11) is 0. The van der Waals surface area contributed by atoms with Crippen LogP contribution < -0.4 is 14.8 Å². The highest BCUT2D eigenvalue weighted by Crippen LogP contribution is 2.38. The molecule has 2 aliphatic heterocycles. The maximum absolute atomic E-state index is 12.8. The van der Waals surface area contributed by atoms with Crippen molar-refractivity contribution in [3.8, 4) is 11.5 Å². The lowest BCUT2D eigenvalue weighted by atomic mass is 10.0. The average Bonchev–Trinajstić information content (AvgIpc) is 3.07. The Hall–Kier alpha value is -2.24. The molecule has 5 nitrogen and oxygen atoms in total. The van der Waals surface area contributed by atoms with Gasteiger partial charge >= 0.3 is 0 Å². The van der Waals surface area contributed by atoms with E-state index in [1.165, 1.54) is 5.56 Å². The first kappa shape index (κ1) is 19.1. The zero-order chi connectivity index (χ0) is 19.5. The monoisotopic (exact) mass is 400 g/mol. The molecule has 148 valence electrons. The van der Waals surface area contributed by atoms with E-state index >= 15 is 0 Å². The minimum absolute atomic E-state index is 0.0106. The molecule has 0 aromatic heterocycles. The molecule has 2 heterocycles. The van der Waals surface area contributed by atoms with Crippen molar-refractivity contribution in [3.05, 3.63) is 53.1 Å². The van der Waals surface area contributed by atoms with E-state index in [1.807, 2.05) is 25.1 Å². The predicted molar refractivity (Wildman–Crippen MR) is 110 cm³/mol. The van der Waals surface area contributed by atoms with Crippen LogP contribution in [-0.4, -0.2) is 36.6 Å². The Kier molecular flexibility index (Phi) is 5.74. The largest absolute Gasteiger partial charge is 0.490 e. The zero-order valence-electron chi connectivity index (χ0n) is 16.0. The summed E-state index contributed by atoms with van der Waals surface area (Å²) in [4.78, 5) is 15.1. The van der Waals surface area contributed by atoms with Gasteiger partial charge in [-0.3, -0.25) is 9.69 Å². The highest BCUT2D eigenvalue weighted by molar-refractivity contribution is 6.30. The fourth-order valence-electron chi connectivity index (χ4n) is 3.93. The number of carbonyl (C=O) groups is 1. The van der Waals surface area contributed by atoms with Crippen molar-refractivity contribution in [3.63, 3.8) is 0 Å². The van der Waals surface area contributed by atoms with Gasteiger partial charge in [0.2, 0.25) is 5.91 Å². The van der Waals surface area contributed by atoms with E-state index in [2.05, 4.69) is 22.3 Å². The molecule has 2 atom stereocenters. The quantitative estimate of drug-likeness (QED) is 0.810. The van der Waals surface area contributed by atoms with Gasteiger partial charge in [0.1, 0.15) is 0 Å². The van der Waals surface area contributed by atoms with Gasteiger partial charge in [-0.05, 0) is 68.3 Å². The molecule has 6 heteroatoms. The number of benzene rings is 2. The third-order valence-corrected chi connectivity index (χ3v) is 5.69. The van der Waals surface area contributed by atoms with Crippen LogP contribution in [0.5, 0.6) is 11.5 Å². The molecule has 2 aromatic carbocycles. The molecule has 1 N–H and O–H groups in total. The Morgan fingerprint density at radius 3 is 2.64 bits per heavy atom. The summed E-state index contributed by atoms with van der Waals surface area (Å²) in [5.41, 5.74) is 1.93. The smallest absolute Gasteiger partial charge is 0.241 e. The highest BCUT2D eigenvalue weighted by Gasteiger charge is 2.33. The van der Waals surface area contributed by atoms with Crippen molar-refractivity contribution in [1.29, 1.82) is 0 Å². The second-order valence-corrected chi connectivity index (χ2v) is 7.76. The predicted octanol–water partition coefficient (Wildman–Crippen LogP) is 4.67. The van der Waals surface area contributed by atoms with Crippen LogP contribution >= 0.6 is 11.6 Å². The number of nitrogens with one attached hydrogen (secondary N) is 1. The minimum Gasteiger partial charge on any atom is -0.490 e. The Morgan fingerprint density at radius 1 is 1.11 bits per heavy atom. The third-order valence-electron chi connectivity index (χ3n) is 5.44. The van der Waals surface area contributed by atoms with Gasteiger partial charge in [0.15, 0.2) is 11.5 Å². The fraction of sp³-hybridized carbons (Fsp3) is 0.409. The number of fused-ring (bicyclic) bond motifs is 1. The van der Waals surface area contributed by atoms with Crippen molar-refractivity contribution in [2.45, 2.75) is 38.3 Å². The number of nitrogens with zero attached hydrogens (tertiary/aromatic N) is 1. The Labute approximate surface area is 170 Å². The van der Waals surface area contributed by atoms with Crippen molar-refractivity contribution in [2.24, 2.45) is 0 Å². The molecular formula is C22H25ClN2O3. The molecule has 1 saturated heterocycles. The van der Waals surface area contributed by atoms with Crippen LogP contribution in [0.25, 0.3) is 0 Å². The molecule has 0 unspecified atom stereocenters. The Morgan fingerprint density at radius 2 is 1.86 bits per heavy atom. The number of likely N-dealkylation sites (tertiary alicyclic amines) is 1. The van der Waals surface area contributed by atoms with E-state index in [1.54, 1.807) is 12.1 Å². The summed E-state index contributed by atoms with van der Waals surface area (Å²) in [5.74, 6) is 1.60. The minimum atomic E-state index is -0.237. The van der Waals surface area contributed by atoms with E-state index in [0.717, 1.165) is 43.0 Å². The Bertz CT molecular complexity index is 840. The summed E-state index contributed by atoms with van der Waals surface area (Å²) >= 11 is 5.92. The van der Waals surface area contributed by atoms with Crippen molar-refractivity contribution < 1.29 is 14.3 Å². The van der Waals surface area contributed by atoms with Crippen LogP contribution in [0.2, 0.25) is 5.02 Å². The maximum atomic E-state index is 12.8. The lowest BCUT2D eigenvalue weighted by Crippen LogP contribution is -2.41. The van der Waals surface area contributed by atoms with E-state index in [-0.39, 0.29) is 18.0 Å². The molecule has 0 radical (unpaired) electrons. The third kappa shape index (κ3) is 4.10. The Balaban J connectivity index is 1.49. The second kappa shape index (κ2) is 8.41. The summed E-state index contributed by atoms with van der Waals surface area (Å²) in [6.07, 6.45) is 2.98. The SMILES string of the molecule is C[C@@H](C(=O)Nc1ccc(Cl)cc1)N1CCC[C@@H]1c1ccc2c(c1)OCCCO2. The summed E-state index contributed by atoms with van der Waals surface area (Å²) < 4.78 is 11.6. The van der Waals surface area contributed by atoms with Crippen LogP contribution in [0.15, 0.2) is 42.5 Å². The van der Waals surface area contributed by atoms with Gasteiger partial charge in [0.25, 0.3) is 0 Å². The molecule has 1 fully saturated rings. The number of hydrogen-bond acceptors (Lipinski definition) is 4. The van der Waals surface area contributed by atoms with Gasteiger partial charge < -0.3 is 14.8 Å². The number of amides is 1. The van der Waals surface area contributed by atoms with E-state index in [9.17, 15) is 4.79 Å². The average molecular weight is 401 g/mol. The van der Waals surface area contributed by atoms with E-state index < -0.39 is 0 Å². The first-order chi connectivity index (χ1) is 13.6. The second-order valence-electron chi connectivity index (χ2n) is 7.32. The normalized spacial score (nSPS) is 20.4. The summed E-state index contributed by atoms with van der Waals surface area (Å²) in [6, 6.07) is 13.3. The summed E-state index contributed by atoms with van der Waals surface area (Å²) in [5, 5.41) is 3.64. The lowest BCUT2D eigenvalue weighted by molar-refractivity contribution is -0.121. The molecular weight excluding hydrogens is 376 g/mol. The number of anilines is 1. The van der Waals surface area contributed by atoms with Crippen molar-refractivity contribution in [1.82, 2.24) is 4.90 Å². The lowest BCUT2D eigenvalue weighted by Gasteiger charge is -2.30. The first-order valence-corrected chi connectivity index (χ1v) is 10.2.